The van der Waals surface area contributed by atoms with E-state index in [1.807, 2.05) is 16.9 Å². The van der Waals surface area contributed by atoms with E-state index in [1.165, 1.54) is 45.2 Å². The number of nitrogens with zero attached hydrogens (tertiary/aromatic N) is 3. The third-order valence-corrected chi connectivity index (χ3v) is 3.26. The molecule has 0 spiro atoms. The van der Waals surface area contributed by atoms with Crippen molar-refractivity contribution >= 4 is 5.82 Å². The van der Waals surface area contributed by atoms with E-state index in [-0.39, 0.29) is 0 Å². The van der Waals surface area contributed by atoms with Crippen molar-refractivity contribution in [1.82, 2.24) is 14.7 Å². The molecule has 1 aliphatic rings. The summed E-state index contributed by atoms with van der Waals surface area (Å²) in [6, 6.07) is 1.85. The number of likely N-dealkylation sites (tertiary alicyclic amines) is 1. The van der Waals surface area contributed by atoms with E-state index < -0.39 is 0 Å². The first kappa shape index (κ1) is 11.5. The topological polar surface area (TPSA) is 47.1 Å². The monoisotopic (exact) mass is 222 g/mol. The first-order valence-electron chi connectivity index (χ1n) is 6.36. The minimum Gasteiger partial charge on any atom is -0.382 e. The largest absolute Gasteiger partial charge is 0.382 e. The Morgan fingerprint density at radius 1 is 1.06 bits per heavy atom. The van der Waals surface area contributed by atoms with Crippen molar-refractivity contribution in [3.8, 4) is 0 Å². The Hall–Kier alpha value is -1.03. The number of hydrogen-bond acceptors (Lipinski definition) is 3. The van der Waals surface area contributed by atoms with E-state index in [0.29, 0.717) is 5.82 Å². The second-order valence-corrected chi connectivity index (χ2v) is 4.61. The highest BCUT2D eigenvalue weighted by Gasteiger charge is 2.07. The molecule has 0 saturated carbocycles. The number of nitrogens with two attached hydrogens (primary N) is 1. The molecule has 1 aromatic heterocycles. The highest BCUT2D eigenvalue weighted by atomic mass is 15.3. The number of hydrogen-bond donors (Lipinski definition) is 1. The van der Waals surface area contributed by atoms with Gasteiger partial charge in [-0.2, -0.15) is 5.10 Å². The summed E-state index contributed by atoms with van der Waals surface area (Å²) in [4.78, 5) is 2.55. The van der Waals surface area contributed by atoms with E-state index in [1.54, 1.807) is 0 Å². The summed E-state index contributed by atoms with van der Waals surface area (Å²) >= 11 is 0. The SMILES string of the molecule is Nc1ccn(CCN2CCCCCCC2)n1. The fourth-order valence-electron chi connectivity index (χ4n) is 2.28. The van der Waals surface area contributed by atoms with Crippen molar-refractivity contribution in [2.75, 3.05) is 25.4 Å². The zero-order valence-corrected chi connectivity index (χ0v) is 9.94. The van der Waals surface area contributed by atoms with Crippen LogP contribution in [0.5, 0.6) is 0 Å². The summed E-state index contributed by atoms with van der Waals surface area (Å²) in [5.41, 5.74) is 5.59. The van der Waals surface area contributed by atoms with E-state index in [9.17, 15) is 0 Å². The van der Waals surface area contributed by atoms with Gasteiger partial charge in [0.05, 0.1) is 6.54 Å². The maximum Gasteiger partial charge on any atom is 0.145 e. The molecule has 1 saturated heterocycles. The molecule has 0 unspecified atom stereocenters. The van der Waals surface area contributed by atoms with Crippen LogP contribution in [0.1, 0.15) is 32.1 Å². The molecule has 2 heterocycles. The normalized spacial score (nSPS) is 19.2. The zero-order chi connectivity index (χ0) is 11.2. The molecular weight excluding hydrogens is 200 g/mol. The standard InChI is InChI=1S/C12H22N4/c13-12-6-9-16(14-12)11-10-15-7-4-2-1-3-5-8-15/h6,9H,1-5,7-8,10-11H2,(H2,13,14). The van der Waals surface area contributed by atoms with Crippen LogP contribution in [0.4, 0.5) is 5.82 Å². The summed E-state index contributed by atoms with van der Waals surface area (Å²) in [5.74, 6) is 0.618. The average molecular weight is 222 g/mol. The van der Waals surface area contributed by atoms with Crippen LogP contribution >= 0.6 is 0 Å². The minimum atomic E-state index is 0.618. The molecule has 0 radical (unpaired) electrons. The maximum atomic E-state index is 5.59. The molecule has 2 rings (SSSR count). The Bertz CT molecular complexity index is 300. The lowest BCUT2D eigenvalue weighted by Crippen LogP contribution is -2.30. The molecule has 0 aliphatic carbocycles. The van der Waals surface area contributed by atoms with Gasteiger partial charge in [-0.05, 0) is 32.0 Å². The van der Waals surface area contributed by atoms with Crippen LogP contribution in [-0.2, 0) is 6.54 Å². The van der Waals surface area contributed by atoms with Gasteiger partial charge in [0.25, 0.3) is 0 Å². The Morgan fingerprint density at radius 2 is 1.75 bits per heavy atom. The Labute approximate surface area is 97.4 Å². The lowest BCUT2D eigenvalue weighted by molar-refractivity contribution is 0.235. The van der Waals surface area contributed by atoms with E-state index in [2.05, 4.69) is 10.00 Å². The van der Waals surface area contributed by atoms with Crippen LogP contribution < -0.4 is 5.73 Å². The summed E-state index contributed by atoms with van der Waals surface area (Å²) < 4.78 is 1.94. The van der Waals surface area contributed by atoms with Crippen LogP contribution in [0.15, 0.2) is 12.3 Å². The molecule has 2 N–H and O–H groups in total. The van der Waals surface area contributed by atoms with Gasteiger partial charge >= 0.3 is 0 Å². The van der Waals surface area contributed by atoms with Gasteiger partial charge in [-0.3, -0.25) is 4.68 Å². The number of anilines is 1. The summed E-state index contributed by atoms with van der Waals surface area (Å²) in [5, 5.41) is 4.20. The van der Waals surface area contributed by atoms with Gasteiger partial charge in [-0.25, -0.2) is 0 Å². The summed E-state index contributed by atoms with van der Waals surface area (Å²) in [6.45, 7) is 4.55. The third-order valence-electron chi connectivity index (χ3n) is 3.26. The summed E-state index contributed by atoms with van der Waals surface area (Å²) in [7, 11) is 0. The lowest BCUT2D eigenvalue weighted by Gasteiger charge is -2.24. The van der Waals surface area contributed by atoms with Crippen molar-refractivity contribution in [3.05, 3.63) is 12.3 Å². The first-order valence-corrected chi connectivity index (χ1v) is 6.36. The van der Waals surface area contributed by atoms with Crippen LogP contribution in [0, 0.1) is 0 Å². The Kier molecular flexibility index (Phi) is 4.22. The highest BCUT2D eigenvalue weighted by molar-refractivity contribution is 5.23. The van der Waals surface area contributed by atoms with Gasteiger partial charge in [-0.1, -0.05) is 19.3 Å². The van der Waals surface area contributed by atoms with Crippen LogP contribution in [-0.4, -0.2) is 34.3 Å². The van der Waals surface area contributed by atoms with Crippen molar-refractivity contribution in [2.24, 2.45) is 0 Å². The van der Waals surface area contributed by atoms with Gasteiger partial charge in [0.2, 0.25) is 0 Å². The van der Waals surface area contributed by atoms with E-state index in [0.717, 1.165) is 13.1 Å². The van der Waals surface area contributed by atoms with E-state index in [4.69, 9.17) is 5.73 Å². The highest BCUT2D eigenvalue weighted by Crippen LogP contribution is 2.10. The quantitative estimate of drug-likeness (QED) is 0.847. The van der Waals surface area contributed by atoms with Crippen molar-refractivity contribution in [3.63, 3.8) is 0 Å². The molecule has 16 heavy (non-hydrogen) atoms. The van der Waals surface area contributed by atoms with Crippen molar-refractivity contribution in [1.29, 1.82) is 0 Å². The molecule has 0 aromatic carbocycles. The molecule has 0 atom stereocenters. The third kappa shape index (κ3) is 3.52. The zero-order valence-electron chi connectivity index (χ0n) is 9.94. The molecule has 90 valence electrons. The maximum absolute atomic E-state index is 5.59. The smallest absolute Gasteiger partial charge is 0.145 e. The van der Waals surface area contributed by atoms with Gasteiger partial charge in [-0.15, -0.1) is 0 Å². The van der Waals surface area contributed by atoms with Crippen molar-refractivity contribution in [2.45, 2.75) is 38.6 Å². The van der Waals surface area contributed by atoms with Crippen LogP contribution in [0.2, 0.25) is 0 Å². The second-order valence-electron chi connectivity index (χ2n) is 4.61. The molecule has 0 bridgehead atoms. The van der Waals surface area contributed by atoms with Crippen molar-refractivity contribution < 1.29 is 0 Å². The Morgan fingerprint density at radius 3 is 2.38 bits per heavy atom. The first-order chi connectivity index (χ1) is 7.84. The fraction of sp³-hybridized carbons (Fsp3) is 0.750. The van der Waals surface area contributed by atoms with Gasteiger partial charge < -0.3 is 10.6 Å². The summed E-state index contributed by atoms with van der Waals surface area (Å²) in [6.07, 6.45) is 8.86. The number of rotatable bonds is 3. The molecule has 1 aliphatic heterocycles. The predicted octanol–water partition coefficient (Wildman–Crippen LogP) is 1.73. The molecular formula is C12H22N4. The number of nitrogen functional groups attached to an aromatic ring is 1. The Balaban J connectivity index is 1.75. The van der Waals surface area contributed by atoms with Crippen LogP contribution in [0.3, 0.4) is 0 Å². The second kappa shape index (κ2) is 5.89. The lowest BCUT2D eigenvalue weighted by atomic mass is 10.1. The van der Waals surface area contributed by atoms with Gasteiger partial charge in [0, 0.05) is 12.7 Å². The predicted molar refractivity (Wildman–Crippen MR) is 66.2 cm³/mol. The molecule has 4 nitrogen and oxygen atoms in total. The molecule has 0 amide bonds. The minimum absolute atomic E-state index is 0.618. The van der Waals surface area contributed by atoms with Gasteiger partial charge in [0.1, 0.15) is 5.82 Å². The number of aromatic nitrogens is 2. The molecule has 1 aromatic rings. The van der Waals surface area contributed by atoms with E-state index >= 15 is 0 Å². The van der Waals surface area contributed by atoms with Crippen LogP contribution in [0.25, 0.3) is 0 Å². The molecule has 4 heteroatoms. The molecule has 1 fully saturated rings. The van der Waals surface area contributed by atoms with Gasteiger partial charge in [0.15, 0.2) is 0 Å². The fourth-order valence-corrected chi connectivity index (χ4v) is 2.28. The average Bonchev–Trinajstić information content (AvgIpc) is 2.63.